The molecule has 1 atom stereocenters. The molecule has 0 saturated heterocycles. The van der Waals surface area contributed by atoms with Crippen LogP contribution >= 0.6 is 15.9 Å². The molecule has 19 heavy (non-hydrogen) atoms. The maximum atomic E-state index is 5.90. The van der Waals surface area contributed by atoms with Gasteiger partial charge in [0.05, 0.1) is 0 Å². The van der Waals surface area contributed by atoms with Crippen LogP contribution in [-0.4, -0.2) is 38.7 Å². The topological polar surface area (TPSA) is 24.5 Å². The minimum absolute atomic E-state index is 0.298. The molecule has 1 unspecified atom stereocenters. The van der Waals surface area contributed by atoms with Crippen molar-refractivity contribution in [2.45, 2.75) is 26.3 Å². The molecule has 108 valence electrons. The number of hydrogen-bond donors (Lipinski definition) is 1. The summed E-state index contributed by atoms with van der Waals surface area (Å²) in [5.41, 5.74) is 1.21. The molecule has 0 aliphatic carbocycles. The van der Waals surface area contributed by atoms with Crippen molar-refractivity contribution >= 4 is 15.9 Å². The van der Waals surface area contributed by atoms with Crippen LogP contribution in [0.5, 0.6) is 5.75 Å². The number of nitrogens with one attached hydrogen (secondary N) is 1. The first-order chi connectivity index (χ1) is 9.04. The molecule has 0 saturated carbocycles. The molecule has 1 aromatic carbocycles. The molecular formula is C15H25BrN2O. The second kappa shape index (κ2) is 8.56. The first-order valence-electron chi connectivity index (χ1n) is 6.85. The zero-order chi connectivity index (χ0) is 14.3. The number of ether oxygens (including phenoxy) is 1. The largest absolute Gasteiger partial charge is 0.492 e. The average molecular weight is 329 g/mol. The molecule has 3 nitrogen and oxygen atoms in total. The normalized spacial score (nSPS) is 12.7. The van der Waals surface area contributed by atoms with E-state index in [1.165, 1.54) is 5.56 Å². The summed E-state index contributed by atoms with van der Waals surface area (Å²) in [6, 6.07) is 6.50. The van der Waals surface area contributed by atoms with Crippen molar-refractivity contribution in [3.8, 4) is 5.75 Å². The third-order valence-electron chi connectivity index (χ3n) is 2.93. The van der Waals surface area contributed by atoms with E-state index < -0.39 is 0 Å². The Bertz CT molecular complexity index is 382. The van der Waals surface area contributed by atoms with Crippen molar-refractivity contribution in [2.75, 3.05) is 33.8 Å². The number of nitrogens with zero attached hydrogens (tertiary/aromatic N) is 1. The summed E-state index contributed by atoms with van der Waals surface area (Å²) in [4.78, 5) is 2.12. The summed E-state index contributed by atoms with van der Waals surface area (Å²) in [6.07, 6.45) is 1.13. The van der Waals surface area contributed by atoms with Crippen LogP contribution in [0.25, 0.3) is 0 Å². The highest BCUT2D eigenvalue weighted by Gasteiger charge is 2.11. The molecule has 0 aliphatic heterocycles. The number of rotatable bonds is 8. The minimum atomic E-state index is 0.298. The average Bonchev–Trinajstić information content (AvgIpc) is 2.37. The Hall–Kier alpha value is -0.580. The van der Waals surface area contributed by atoms with E-state index in [2.05, 4.69) is 60.2 Å². The van der Waals surface area contributed by atoms with E-state index in [0.717, 1.165) is 29.7 Å². The number of benzene rings is 1. The van der Waals surface area contributed by atoms with Crippen molar-refractivity contribution in [3.05, 3.63) is 28.2 Å². The molecular weight excluding hydrogens is 304 g/mol. The second-order valence-electron chi connectivity index (χ2n) is 5.01. The first kappa shape index (κ1) is 16.5. The fourth-order valence-electron chi connectivity index (χ4n) is 1.80. The molecule has 0 amide bonds. The van der Waals surface area contributed by atoms with E-state index in [4.69, 9.17) is 4.74 Å². The standard InChI is InChI=1S/C15H25BrN2O/c1-5-8-17-12(2)14-11-13(16)6-7-15(14)19-10-9-18(3)4/h6-7,11-12,17H,5,8-10H2,1-4H3. The van der Waals surface area contributed by atoms with Crippen LogP contribution in [0.1, 0.15) is 31.9 Å². The lowest BCUT2D eigenvalue weighted by Crippen LogP contribution is -2.22. The Labute approximate surface area is 125 Å². The van der Waals surface area contributed by atoms with Crippen LogP contribution in [0.2, 0.25) is 0 Å². The predicted molar refractivity (Wildman–Crippen MR) is 84.9 cm³/mol. The second-order valence-corrected chi connectivity index (χ2v) is 5.93. The van der Waals surface area contributed by atoms with Crippen LogP contribution in [0.4, 0.5) is 0 Å². The lowest BCUT2D eigenvalue weighted by Gasteiger charge is -2.19. The zero-order valence-electron chi connectivity index (χ0n) is 12.4. The van der Waals surface area contributed by atoms with Crippen LogP contribution in [0.3, 0.4) is 0 Å². The summed E-state index contributed by atoms with van der Waals surface area (Å²) >= 11 is 3.53. The molecule has 0 heterocycles. The summed E-state index contributed by atoms with van der Waals surface area (Å²) < 4.78 is 6.99. The van der Waals surface area contributed by atoms with Crippen molar-refractivity contribution in [3.63, 3.8) is 0 Å². The van der Waals surface area contributed by atoms with Gasteiger partial charge in [-0.15, -0.1) is 0 Å². The Morgan fingerprint density at radius 1 is 1.37 bits per heavy atom. The highest BCUT2D eigenvalue weighted by atomic mass is 79.9. The summed E-state index contributed by atoms with van der Waals surface area (Å²) in [7, 11) is 4.11. The molecule has 0 radical (unpaired) electrons. The quantitative estimate of drug-likeness (QED) is 0.791. The summed E-state index contributed by atoms with van der Waals surface area (Å²) in [6.45, 7) is 7.00. The predicted octanol–water partition coefficient (Wildman–Crippen LogP) is 3.45. The number of likely N-dealkylation sites (N-methyl/N-ethyl adjacent to an activating group) is 1. The van der Waals surface area contributed by atoms with Gasteiger partial charge < -0.3 is 15.0 Å². The first-order valence-corrected chi connectivity index (χ1v) is 7.64. The molecule has 1 aromatic rings. The Kier molecular flexibility index (Phi) is 7.42. The van der Waals surface area contributed by atoms with Crippen molar-refractivity contribution in [1.29, 1.82) is 0 Å². The van der Waals surface area contributed by atoms with Gasteiger partial charge in [0.1, 0.15) is 12.4 Å². The van der Waals surface area contributed by atoms with Crippen LogP contribution in [-0.2, 0) is 0 Å². The fraction of sp³-hybridized carbons (Fsp3) is 0.600. The highest BCUT2D eigenvalue weighted by Crippen LogP contribution is 2.28. The summed E-state index contributed by atoms with van der Waals surface area (Å²) in [5, 5.41) is 3.50. The lowest BCUT2D eigenvalue weighted by molar-refractivity contribution is 0.258. The van der Waals surface area contributed by atoms with Gasteiger partial charge in [0.2, 0.25) is 0 Å². The van der Waals surface area contributed by atoms with E-state index in [1.54, 1.807) is 0 Å². The molecule has 4 heteroatoms. The third-order valence-corrected chi connectivity index (χ3v) is 3.43. The Morgan fingerprint density at radius 2 is 2.11 bits per heavy atom. The van der Waals surface area contributed by atoms with Crippen molar-refractivity contribution < 1.29 is 4.74 Å². The van der Waals surface area contributed by atoms with Gasteiger partial charge >= 0.3 is 0 Å². The van der Waals surface area contributed by atoms with Gasteiger partial charge in [-0.25, -0.2) is 0 Å². The van der Waals surface area contributed by atoms with Crippen molar-refractivity contribution in [1.82, 2.24) is 10.2 Å². The van der Waals surface area contributed by atoms with E-state index >= 15 is 0 Å². The van der Waals surface area contributed by atoms with Gasteiger partial charge in [-0.3, -0.25) is 0 Å². The zero-order valence-corrected chi connectivity index (χ0v) is 14.0. The maximum absolute atomic E-state index is 5.90. The van der Waals surface area contributed by atoms with E-state index in [0.29, 0.717) is 12.6 Å². The van der Waals surface area contributed by atoms with Gasteiger partial charge in [-0.2, -0.15) is 0 Å². The fourth-order valence-corrected chi connectivity index (χ4v) is 2.18. The third kappa shape index (κ3) is 5.93. The number of halogens is 1. The van der Waals surface area contributed by atoms with E-state index in [1.807, 2.05) is 12.1 Å². The molecule has 0 fully saturated rings. The van der Waals surface area contributed by atoms with Gasteiger partial charge in [0, 0.05) is 22.6 Å². The van der Waals surface area contributed by atoms with Crippen molar-refractivity contribution in [2.24, 2.45) is 0 Å². The van der Waals surface area contributed by atoms with Crippen LogP contribution < -0.4 is 10.1 Å². The van der Waals surface area contributed by atoms with Gasteiger partial charge in [0.25, 0.3) is 0 Å². The molecule has 0 spiro atoms. The van der Waals surface area contributed by atoms with Crippen LogP contribution in [0.15, 0.2) is 22.7 Å². The SMILES string of the molecule is CCCNC(C)c1cc(Br)ccc1OCCN(C)C. The monoisotopic (exact) mass is 328 g/mol. The minimum Gasteiger partial charge on any atom is -0.492 e. The molecule has 1 N–H and O–H groups in total. The van der Waals surface area contributed by atoms with Crippen LogP contribution in [0, 0.1) is 0 Å². The highest BCUT2D eigenvalue weighted by molar-refractivity contribution is 9.10. The maximum Gasteiger partial charge on any atom is 0.124 e. The number of hydrogen-bond acceptors (Lipinski definition) is 3. The summed E-state index contributed by atoms with van der Waals surface area (Å²) in [5.74, 6) is 0.973. The lowest BCUT2D eigenvalue weighted by atomic mass is 10.1. The Morgan fingerprint density at radius 3 is 2.74 bits per heavy atom. The van der Waals surface area contributed by atoms with E-state index in [9.17, 15) is 0 Å². The molecule has 0 bridgehead atoms. The molecule has 1 rings (SSSR count). The Balaban J connectivity index is 2.73. The van der Waals surface area contributed by atoms with Gasteiger partial charge in [-0.05, 0) is 52.2 Å². The van der Waals surface area contributed by atoms with Gasteiger partial charge in [-0.1, -0.05) is 22.9 Å². The van der Waals surface area contributed by atoms with E-state index in [-0.39, 0.29) is 0 Å². The molecule has 0 aromatic heterocycles. The smallest absolute Gasteiger partial charge is 0.124 e. The molecule has 0 aliphatic rings. The van der Waals surface area contributed by atoms with Gasteiger partial charge in [0.15, 0.2) is 0 Å².